The van der Waals surface area contributed by atoms with Crippen LogP contribution in [-0.2, 0) is 6.54 Å². The molecular weight excluding hydrogens is 276 g/mol. The average Bonchev–Trinajstić information content (AvgIpc) is 2.53. The van der Waals surface area contributed by atoms with Crippen molar-refractivity contribution in [3.05, 3.63) is 72.6 Å². The van der Waals surface area contributed by atoms with E-state index >= 15 is 0 Å². The summed E-state index contributed by atoms with van der Waals surface area (Å²) in [5, 5.41) is 22.3. The zero-order chi connectivity index (χ0) is 15.4. The van der Waals surface area contributed by atoms with E-state index in [0.29, 0.717) is 6.54 Å². The maximum atomic E-state index is 9.56. The zero-order valence-electron chi connectivity index (χ0n) is 11.9. The summed E-state index contributed by atoms with van der Waals surface area (Å²) in [7, 11) is 0. The molecule has 4 heteroatoms. The fourth-order valence-corrected chi connectivity index (χ4v) is 2.25. The van der Waals surface area contributed by atoms with Gasteiger partial charge in [-0.3, -0.25) is 4.98 Å². The molecule has 3 aromatic rings. The summed E-state index contributed by atoms with van der Waals surface area (Å²) in [6.45, 7) is 0.597. The van der Waals surface area contributed by atoms with Crippen LogP contribution >= 0.6 is 0 Å². The van der Waals surface area contributed by atoms with Crippen molar-refractivity contribution in [3.63, 3.8) is 0 Å². The third kappa shape index (κ3) is 3.35. The molecule has 2 aromatic carbocycles. The Morgan fingerprint density at radius 3 is 2.36 bits per heavy atom. The van der Waals surface area contributed by atoms with Crippen LogP contribution in [0.25, 0.3) is 11.1 Å². The maximum Gasteiger partial charge on any atom is 0.116 e. The summed E-state index contributed by atoms with van der Waals surface area (Å²) < 4.78 is 0. The smallest absolute Gasteiger partial charge is 0.116 e. The van der Waals surface area contributed by atoms with Crippen LogP contribution in [0, 0.1) is 0 Å². The highest BCUT2D eigenvalue weighted by Gasteiger charge is 2.02. The molecule has 0 saturated carbocycles. The Morgan fingerprint density at radius 2 is 1.59 bits per heavy atom. The minimum absolute atomic E-state index is 0.232. The molecule has 0 bridgehead atoms. The molecule has 0 fully saturated rings. The summed E-state index contributed by atoms with van der Waals surface area (Å²) in [6, 6.07) is 16.2. The molecule has 3 rings (SSSR count). The minimum Gasteiger partial charge on any atom is -0.508 e. The topological polar surface area (TPSA) is 65.4 Å². The Labute approximate surface area is 128 Å². The van der Waals surface area contributed by atoms with Crippen LogP contribution in [-0.4, -0.2) is 15.2 Å². The molecule has 0 radical (unpaired) electrons. The van der Waals surface area contributed by atoms with E-state index in [0.717, 1.165) is 22.4 Å². The lowest BCUT2D eigenvalue weighted by Gasteiger charge is -2.09. The number of aromatic hydroxyl groups is 2. The molecule has 110 valence electrons. The molecular formula is C18H16N2O2. The van der Waals surface area contributed by atoms with Gasteiger partial charge in [-0.25, -0.2) is 0 Å². The molecule has 0 unspecified atom stereocenters. The van der Waals surface area contributed by atoms with Crippen LogP contribution in [0.2, 0.25) is 0 Å². The van der Waals surface area contributed by atoms with E-state index in [1.807, 2.05) is 24.3 Å². The number of pyridine rings is 1. The second-order valence-corrected chi connectivity index (χ2v) is 5.04. The molecule has 0 aliphatic carbocycles. The Morgan fingerprint density at radius 1 is 0.818 bits per heavy atom. The van der Waals surface area contributed by atoms with E-state index in [1.54, 1.807) is 42.7 Å². The Bertz CT molecular complexity index is 787. The first-order valence-corrected chi connectivity index (χ1v) is 6.97. The number of hydrogen-bond donors (Lipinski definition) is 3. The van der Waals surface area contributed by atoms with Gasteiger partial charge in [0.1, 0.15) is 11.5 Å². The van der Waals surface area contributed by atoms with Gasteiger partial charge < -0.3 is 15.5 Å². The number of rotatable bonds is 4. The predicted molar refractivity (Wildman–Crippen MR) is 86.8 cm³/mol. The Kier molecular flexibility index (Phi) is 3.92. The molecule has 0 aliphatic rings. The van der Waals surface area contributed by atoms with Crippen molar-refractivity contribution >= 4 is 5.69 Å². The standard InChI is InChI=1S/C18H16N2O2/c21-17-5-1-3-13(7-17)10-20-16-8-15(11-19-12-16)14-4-2-6-18(22)9-14/h1-9,11-12,20-22H,10H2. The zero-order valence-corrected chi connectivity index (χ0v) is 11.9. The van der Waals surface area contributed by atoms with E-state index in [4.69, 9.17) is 0 Å². The number of benzene rings is 2. The highest BCUT2D eigenvalue weighted by Crippen LogP contribution is 2.24. The van der Waals surface area contributed by atoms with E-state index in [9.17, 15) is 10.2 Å². The largest absolute Gasteiger partial charge is 0.508 e. The minimum atomic E-state index is 0.232. The quantitative estimate of drug-likeness (QED) is 0.685. The van der Waals surface area contributed by atoms with Gasteiger partial charge in [-0.2, -0.15) is 0 Å². The molecule has 0 aliphatic heterocycles. The first-order valence-electron chi connectivity index (χ1n) is 6.97. The second kappa shape index (κ2) is 6.18. The van der Waals surface area contributed by atoms with Crippen molar-refractivity contribution in [2.45, 2.75) is 6.54 Å². The number of aromatic nitrogens is 1. The number of nitrogens with one attached hydrogen (secondary N) is 1. The van der Waals surface area contributed by atoms with Crippen LogP contribution < -0.4 is 5.32 Å². The highest BCUT2D eigenvalue weighted by molar-refractivity contribution is 5.67. The maximum absolute atomic E-state index is 9.56. The lowest BCUT2D eigenvalue weighted by atomic mass is 10.1. The SMILES string of the molecule is Oc1cccc(CNc2cncc(-c3cccc(O)c3)c2)c1. The molecule has 0 atom stereocenters. The summed E-state index contributed by atoms with van der Waals surface area (Å²) in [4.78, 5) is 4.23. The number of anilines is 1. The molecule has 3 N–H and O–H groups in total. The van der Waals surface area contributed by atoms with E-state index in [-0.39, 0.29) is 11.5 Å². The van der Waals surface area contributed by atoms with Gasteiger partial charge in [0.05, 0.1) is 5.69 Å². The highest BCUT2D eigenvalue weighted by atomic mass is 16.3. The van der Waals surface area contributed by atoms with Gasteiger partial charge in [0.2, 0.25) is 0 Å². The third-order valence-electron chi connectivity index (χ3n) is 3.32. The summed E-state index contributed by atoms with van der Waals surface area (Å²) in [6.07, 6.45) is 3.50. The summed E-state index contributed by atoms with van der Waals surface area (Å²) >= 11 is 0. The summed E-state index contributed by atoms with van der Waals surface area (Å²) in [5.41, 5.74) is 3.71. The van der Waals surface area contributed by atoms with Crippen molar-refractivity contribution in [1.29, 1.82) is 0 Å². The van der Waals surface area contributed by atoms with Crippen molar-refractivity contribution in [2.24, 2.45) is 0 Å². The van der Waals surface area contributed by atoms with Gasteiger partial charge >= 0.3 is 0 Å². The summed E-state index contributed by atoms with van der Waals surface area (Å²) in [5.74, 6) is 0.488. The van der Waals surface area contributed by atoms with Crippen molar-refractivity contribution < 1.29 is 10.2 Å². The molecule has 1 aromatic heterocycles. The predicted octanol–water partition coefficient (Wildman–Crippen LogP) is 3.77. The van der Waals surface area contributed by atoms with Crippen LogP contribution in [0.5, 0.6) is 11.5 Å². The van der Waals surface area contributed by atoms with Crippen LogP contribution in [0.3, 0.4) is 0 Å². The molecule has 1 heterocycles. The fourth-order valence-electron chi connectivity index (χ4n) is 2.25. The van der Waals surface area contributed by atoms with Crippen LogP contribution in [0.15, 0.2) is 67.0 Å². The monoisotopic (exact) mass is 292 g/mol. The van der Waals surface area contributed by atoms with Gasteiger partial charge in [0, 0.05) is 24.5 Å². The van der Waals surface area contributed by atoms with Crippen LogP contribution in [0.1, 0.15) is 5.56 Å². The molecule has 22 heavy (non-hydrogen) atoms. The van der Waals surface area contributed by atoms with E-state index in [1.165, 1.54) is 0 Å². The van der Waals surface area contributed by atoms with Gasteiger partial charge in [-0.05, 0) is 41.5 Å². The van der Waals surface area contributed by atoms with Gasteiger partial charge in [-0.15, -0.1) is 0 Å². The van der Waals surface area contributed by atoms with E-state index in [2.05, 4.69) is 10.3 Å². The first kappa shape index (κ1) is 13.9. The first-order chi connectivity index (χ1) is 10.7. The van der Waals surface area contributed by atoms with Crippen molar-refractivity contribution in [1.82, 2.24) is 4.98 Å². The van der Waals surface area contributed by atoms with E-state index < -0.39 is 0 Å². The van der Waals surface area contributed by atoms with Crippen molar-refractivity contribution in [2.75, 3.05) is 5.32 Å². The normalized spacial score (nSPS) is 10.4. The number of hydrogen-bond acceptors (Lipinski definition) is 4. The molecule has 4 nitrogen and oxygen atoms in total. The van der Waals surface area contributed by atoms with Gasteiger partial charge in [0.25, 0.3) is 0 Å². The number of nitrogens with zero attached hydrogens (tertiary/aromatic N) is 1. The van der Waals surface area contributed by atoms with Gasteiger partial charge in [-0.1, -0.05) is 24.3 Å². The number of phenols is 2. The third-order valence-corrected chi connectivity index (χ3v) is 3.32. The molecule has 0 spiro atoms. The van der Waals surface area contributed by atoms with Crippen LogP contribution in [0.4, 0.5) is 5.69 Å². The lowest BCUT2D eigenvalue weighted by molar-refractivity contribution is 0.474. The fraction of sp³-hybridized carbons (Fsp3) is 0.0556. The Balaban J connectivity index is 1.77. The molecule has 0 amide bonds. The Hall–Kier alpha value is -3.01. The lowest BCUT2D eigenvalue weighted by Crippen LogP contribution is -1.99. The molecule has 0 saturated heterocycles. The van der Waals surface area contributed by atoms with Crippen molar-refractivity contribution in [3.8, 4) is 22.6 Å². The second-order valence-electron chi connectivity index (χ2n) is 5.04. The van der Waals surface area contributed by atoms with Gasteiger partial charge in [0.15, 0.2) is 0 Å². The number of phenolic OH excluding ortho intramolecular Hbond substituents is 2. The average molecular weight is 292 g/mol.